The highest BCUT2D eigenvalue weighted by atomic mass is 79.9. The van der Waals surface area contributed by atoms with E-state index in [2.05, 4.69) is 15.9 Å². The molecular formula is C13H15BrO3. The Kier molecular flexibility index (Phi) is 5.91. The summed E-state index contributed by atoms with van der Waals surface area (Å²) in [5, 5.41) is 0.862. The fraction of sp³-hybridized carbons (Fsp3) is 0.385. The van der Waals surface area contributed by atoms with Crippen molar-refractivity contribution in [2.75, 3.05) is 11.9 Å². The molecule has 0 atom stereocenters. The lowest BCUT2D eigenvalue weighted by atomic mass is 10.0. The highest BCUT2D eigenvalue weighted by Crippen LogP contribution is 2.15. The second kappa shape index (κ2) is 7.22. The van der Waals surface area contributed by atoms with Crippen LogP contribution in [0.5, 0.6) is 0 Å². The standard InChI is InChI=1S/C13H15BrO3/c1-2-17-13(16)12-6-5-10(9-15)8-11(12)4-3-7-14/h5-6,8-9H,2-4,7H2,1H3. The fourth-order valence-electron chi connectivity index (χ4n) is 1.56. The monoisotopic (exact) mass is 298 g/mol. The number of carbonyl (C=O) groups excluding carboxylic acids is 2. The van der Waals surface area contributed by atoms with Crippen LogP contribution in [0.25, 0.3) is 0 Å². The summed E-state index contributed by atoms with van der Waals surface area (Å²) in [6, 6.07) is 5.05. The van der Waals surface area contributed by atoms with Gasteiger partial charge in [-0.1, -0.05) is 22.0 Å². The third-order valence-corrected chi connectivity index (χ3v) is 2.90. The van der Waals surface area contributed by atoms with Crippen LogP contribution < -0.4 is 0 Å². The van der Waals surface area contributed by atoms with Crippen LogP contribution in [0.2, 0.25) is 0 Å². The molecule has 0 aliphatic heterocycles. The molecule has 1 aromatic carbocycles. The Morgan fingerprint density at radius 2 is 2.24 bits per heavy atom. The van der Waals surface area contributed by atoms with Crippen LogP contribution in [0.3, 0.4) is 0 Å². The number of esters is 1. The van der Waals surface area contributed by atoms with Crippen LogP contribution in [0, 0.1) is 0 Å². The summed E-state index contributed by atoms with van der Waals surface area (Å²) in [6.45, 7) is 2.13. The average Bonchev–Trinajstić information content (AvgIpc) is 2.36. The quantitative estimate of drug-likeness (QED) is 0.461. The normalized spacial score (nSPS) is 10.0. The van der Waals surface area contributed by atoms with Crippen LogP contribution in [0.4, 0.5) is 0 Å². The van der Waals surface area contributed by atoms with Gasteiger partial charge in [-0.25, -0.2) is 4.79 Å². The third-order valence-electron chi connectivity index (χ3n) is 2.34. The number of aryl methyl sites for hydroxylation is 1. The molecule has 0 aromatic heterocycles. The number of rotatable bonds is 6. The van der Waals surface area contributed by atoms with Crippen LogP contribution >= 0.6 is 15.9 Å². The largest absolute Gasteiger partial charge is 0.462 e. The van der Waals surface area contributed by atoms with Crippen molar-refractivity contribution in [1.82, 2.24) is 0 Å². The molecule has 0 heterocycles. The van der Waals surface area contributed by atoms with E-state index in [1.807, 2.05) is 0 Å². The molecule has 0 spiro atoms. The maximum atomic E-state index is 11.7. The van der Waals surface area contributed by atoms with Gasteiger partial charge in [-0.15, -0.1) is 0 Å². The van der Waals surface area contributed by atoms with Crippen LogP contribution in [0.1, 0.15) is 39.6 Å². The molecular weight excluding hydrogens is 284 g/mol. The Labute approximate surface area is 109 Å². The van der Waals surface area contributed by atoms with Crippen LogP contribution in [0.15, 0.2) is 18.2 Å². The predicted molar refractivity (Wildman–Crippen MR) is 69.9 cm³/mol. The fourth-order valence-corrected chi connectivity index (χ4v) is 1.84. The lowest BCUT2D eigenvalue weighted by Gasteiger charge is -2.08. The summed E-state index contributed by atoms with van der Waals surface area (Å²) in [5.41, 5.74) is 2.01. The third kappa shape index (κ3) is 3.97. The van der Waals surface area contributed by atoms with E-state index in [0.717, 1.165) is 30.0 Å². The van der Waals surface area contributed by atoms with Crippen molar-refractivity contribution in [2.24, 2.45) is 0 Å². The van der Waals surface area contributed by atoms with E-state index in [9.17, 15) is 9.59 Å². The summed E-state index contributed by atoms with van der Waals surface area (Å²) in [4.78, 5) is 22.4. The van der Waals surface area contributed by atoms with Gasteiger partial charge < -0.3 is 4.74 Å². The molecule has 3 nitrogen and oxygen atoms in total. The Hall–Kier alpha value is -1.16. The Morgan fingerprint density at radius 3 is 2.82 bits per heavy atom. The number of alkyl halides is 1. The molecule has 0 N–H and O–H groups in total. The van der Waals surface area contributed by atoms with Gasteiger partial charge in [-0.2, -0.15) is 0 Å². The van der Waals surface area contributed by atoms with E-state index in [0.29, 0.717) is 17.7 Å². The minimum absolute atomic E-state index is 0.325. The van der Waals surface area contributed by atoms with E-state index in [4.69, 9.17) is 4.74 Å². The van der Waals surface area contributed by atoms with E-state index < -0.39 is 0 Å². The number of aldehydes is 1. The summed E-state index contributed by atoms with van der Waals surface area (Å²) in [6.07, 6.45) is 2.45. The maximum Gasteiger partial charge on any atom is 0.338 e. The van der Waals surface area contributed by atoms with E-state index in [-0.39, 0.29) is 5.97 Å². The van der Waals surface area contributed by atoms with Crippen LogP contribution in [-0.4, -0.2) is 24.2 Å². The Morgan fingerprint density at radius 1 is 1.47 bits per heavy atom. The summed E-state index contributed by atoms with van der Waals surface area (Å²) < 4.78 is 4.98. The highest BCUT2D eigenvalue weighted by molar-refractivity contribution is 9.09. The van der Waals surface area contributed by atoms with Gasteiger partial charge in [0.2, 0.25) is 0 Å². The zero-order valence-corrected chi connectivity index (χ0v) is 11.3. The number of halogens is 1. The predicted octanol–water partition coefficient (Wildman–Crippen LogP) is 3.00. The summed E-state index contributed by atoms with van der Waals surface area (Å²) in [7, 11) is 0. The molecule has 0 aliphatic rings. The lowest BCUT2D eigenvalue weighted by molar-refractivity contribution is 0.0525. The SMILES string of the molecule is CCOC(=O)c1ccc(C=O)cc1CCCBr. The molecule has 1 aromatic rings. The van der Waals surface area contributed by atoms with E-state index >= 15 is 0 Å². The summed E-state index contributed by atoms with van der Waals surface area (Å²) >= 11 is 3.35. The Bertz CT molecular complexity index is 402. The zero-order valence-electron chi connectivity index (χ0n) is 9.74. The Balaban J connectivity index is 3.00. The number of hydrogen-bond donors (Lipinski definition) is 0. The van der Waals surface area contributed by atoms with Gasteiger partial charge >= 0.3 is 5.97 Å². The van der Waals surface area contributed by atoms with Gasteiger partial charge in [0.25, 0.3) is 0 Å². The maximum absolute atomic E-state index is 11.7. The van der Waals surface area contributed by atoms with Gasteiger partial charge in [0.05, 0.1) is 12.2 Å². The lowest BCUT2D eigenvalue weighted by Crippen LogP contribution is -2.09. The number of hydrogen-bond acceptors (Lipinski definition) is 3. The van der Waals surface area contributed by atoms with Crippen molar-refractivity contribution in [1.29, 1.82) is 0 Å². The van der Waals surface area contributed by atoms with Crippen molar-refractivity contribution in [3.63, 3.8) is 0 Å². The number of benzene rings is 1. The molecule has 0 saturated heterocycles. The molecule has 1 rings (SSSR count). The molecule has 4 heteroatoms. The van der Waals surface area contributed by atoms with Gasteiger partial charge in [0.15, 0.2) is 0 Å². The van der Waals surface area contributed by atoms with E-state index in [1.54, 1.807) is 25.1 Å². The molecule has 0 fully saturated rings. The number of carbonyl (C=O) groups is 2. The summed E-state index contributed by atoms with van der Waals surface area (Å²) in [5.74, 6) is -0.325. The van der Waals surface area contributed by atoms with Gasteiger partial charge in [-0.3, -0.25) is 4.79 Å². The first-order valence-electron chi connectivity index (χ1n) is 5.54. The number of ether oxygens (including phenoxy) is 1. The van der Waals surface area contributed by atoms with Crippen LogP contribution in [-0.2, 0) is 11.2 Å². The van der Waals surface area contributed by atoms with Crippen molar-refractivity contribution in [2.45, 2.75) is 19.8 Å². The highest BCUT2D eigenvalue weighted by Gasteiger charge is 2.12. The average molecular weight is 299 g/mol. The molecule has 0 radical (unpaired) electrons. The first kappa shape index (κ1) is 13.9. The molecule has 0 amide bonds. The zero-order chi connectivity index (χ0) is 12.7. The molecule has 0 bridgehead atoms. The van der Waals surface area contributed by atoms with E-state index in [1.165, 1.54) is 0 Å². The second-order valence-electron chi connectivity index (χ2n) is 3.55. The first-order chi connectivity index (χ1) is 8.22. The second-order valence-corrected chi connectivity index (χ2v) is 4.34. The molecule has 0 aliphatic carbocycles. The molecule has 0 unspecified atom stereocenters. The topological polar surface area (TPSA) is 43.4 Å². The van der Waals surface area contributed by atoms with Gasteiger partial charge in [0, 0.05) is 10.9 Å². The minimum atomic E-state index is -0.325. The van der Waals surface area contributed by atoms with Gasteiger partial charge in [0.1, 0.15) is 6.29 Å². The first-order valence-corrected chi connectivity index (χ1v) is 6.66. The smallest absolute Gasteiger partial charge is 0.338 e. The van der Waals surface area contributed by atoms with Crippen molar-refractivity contribution >= 4 is 28.2 Å². The van der Waals surface area contributed by atoms with Crippen molar-refractivity contribution in [3.8, 4) is 0 Å². The van der Waals surface area contributed by atoms with Crippen molar-refractivity contribution in [3.05, 3.63) is 34.9 Å². The minimum Gasteiger partial charge on any atom is -0.462 e. The molecule has 17 heavy (non-hydrogen) atoms. The molecule has 0 saturated carbocycles. The molecule has 92 valence electrons. The van der Waals surface area contributed by atoms with Crippen molar-refractivity contribution < 1.29 is 14.3 Å². The van der Waals surface area contributed by atoms with Gasteiger partial charge in [-0.05, 0) is 37.5 Å².